The Labute approximate surface area is 204 Å². The van der Waals surface area contributed by atoms with E-state index in [0.717, 1.165) is 5.56 Å². The first-order chi connectivity index (χ1) is 15.9. The van der Waals surface area contributed by atoms with Gasteiger partial charge in [-0.15, -0.1) is 0 Å². The van der Waals surface area contributed by atoms with E-state index in [2.05, 4.69) is 0 Å². The quantitative estimate of drug-likeness (QED) is 0.678. The van der Waals surface area contributed by atoms with Crippen molar-refractivity contribution in [3.63, 3.8) is 0 Å². The summed E-state index contributed by atoms with van der Waals surface area (Å²) in [4.78, 5) is 40.4. The molecule has 2 N–H and O–H groups in total. The normalized spacial score (nSPS) is 15.0. The molecule has 0 aromatic heterocycles. The van der Waals surface area contributed by atoms with Crippen LogP contribution in [0.2, 0.25) is 5.02 Å². The van der Waals surface area contributed by atoms with Gasteiger partial charge in [0.2, 0.25) is 0 Å². The van der Waals surface area contributed by atoms with Crippen LogP contribution in [0.4, 0.5) is 4.79 Å². The highest BCUT2D eigenvalue weighted by atomic mass is 35.5. The molecule has 3 rings (SSSR count). The van der Waals surface area contributed by atoms with Crippen molar-refractivity contribution in [2.75, 3.05) is 26.2 Å². The second-order valence-electron chi connectivity index (χ2n) is 9.15. The summed E-state index contributed by atoms with van der Waals surface area (Å²) in [5, 5.41) is 0.383. The van der Waals surface area contributed by atoms with Crippen LogP contribution in [0.1, 0.15) is 60.1 Å². The topological polar surface area (TPSA) is 102 Å². The maximum Gasteiger partial charge on any atom is 0.410 e. The van der Waals surface area contributed by atoms with E-state index >= 15 is 0 Å². The van der Waals surface area contributed by atoms with Gasteiger partial charge in [0.15, 0.2) is 0 Å². The van der Waals surface area contributed by atoms with Crippen molar-refractivity contribution in [2.45, 2.75) is 39.4 Å². The molecule has 1 aliphatic rings. The molecule has 0 saturated carbocycles. The van der Waals surface area contributed by atoms with Crippen LogP contribution in [0.5, 0.6) is 5.75 Å². The van der Waals surface area contributed by atoms with Gasteiger partial charge in [0.1, 0.15) is 17.5 Å². The first kappa shape index (κ1) is 25.4. The van der Waals surface area contributed by atoms with Crippen molar-refractivity contribution in [1.29, 1.82) is 0 Å². The Balaban J connectivity index is 1.66. The molecule has 182 valence electrons. The molecule has 0 bridgehead atoms. The molecular formula is C25H30ClN3O5. The number of benzene rings is 2. The van der Waals surface area contributed by atoms with Gasteiger partial charge in [-0.05, 0) is 63.6 Å². The van der Waals surface area contributed by atoms with Crippen molar-refractivity contribution in [3.05, 3.63) is 64.2 Å². The first-order valence-corrected chi connectivity index (χ1v) is 11.5. The molecule has 1 atom stereocenters. The van der Waals surface area contributed by atoms with E-state index in [0.29, 0.717) is 42.5 Å². The van der Waals surface area contributed by atoms with Gasteiger partial charge >= 0.3 is 6.09 Å². The van der Waals surface area contributed by atoms with Gasteiger partial charge in [-0.2, -0.15) is 0 Å². The Hall–Kier alpha value is -3.26. The molecule has 1 aliphatic heterocycles. The van der Waals surface area contributed by atoms with Crippen LogP contribution in [-0.2, 0) is 4.74 Å². The smallest absolute Gasteiger partial charge is 0.410 e. The molecule has 8 nitrogen and oxygen atoms in total. The highest BCUT2D eigenvalue weighted by Crippen LogP contribution is 2.28. The van der Waals surface area contributed by atoms with E-state index < -0.39 is 17.6 Å². The maximum atomic E-state index is 13.1. The van der Waals surface area contributed by atoms with Crippen LogP contribution >= 0.6 is 11.6 Å². The SMILES string of the molecule is CC(Oc1ccc(Cl)cc1C(N)=O)c1cccc(C(=O)N2CCN(C(=O)OC(C)(C)C)CC2)c1. The lowest BCUT2D eigenvalue weighted by Crippen LogP contribution is -2.51. The molecule has 1 fully saturated rings. The Morgan fingerprint density at radius 3 is 2.26 bits per heavy atom. The predicted octanol–water partition coefficient (Wildman–Crippen LogP) is 4.27. The molecule has 2 aromatic carbocycles. The molecule has 1 unspecified atom stereocenters. The van der Waals surface area contributed by atoms with Crippen molar-refractivity contribution in [1.82, 2.24) is 9.80 Å². The number of piperazine rings is 1. The Morgan fingerprint density at radius 2 is 1.65 bits per heavy atom. The number of amides is 3. The average molecular weight is 488 g/mol. The lowest BCUT2D eigenvalue weighted by atomic mass is 10.1. The Bertz CT molecular complexity index is 1070. The van der Waals surface area contributed by atoms with E-state index in [4.69, 9.17) is 26.8 Å². The number of hydrogen-bond acceptors (Lipinski definition) is 5. The fourth-order valence-corrected chi connectivity index (χ4v) is 3.75. The van der Waals surface area contributed by atoms with Crippen LogP contribution < -0.4 is 10.5 Å². The molecule has 0 spiro atoms. The monoisotopic (exact) mass is 487 g/mol. The summed E-state index contributed by atoms with van der Waals surface area (Å²) in [6.45, 7) is 8.95. The third-order valence-corrected chi connectivity index (χ3v) is 5.57. The summed E-state index contributed by atoms with van der Waals surface area (Å²) < 4.78 is 11.4. The molecule has 1 saturated heterocycles. The zero-order valence-electron chi connectivity index (χ0n) is 19.8. The highest BCUT2D eigenvalue weighted by Gasteiger charge is 2.28. The number of nitrogens with two attached hydrogens (primary N) is 1. The fourth-order valence-electron chi connectivity index (χ4n) is 3.58. The average Bonchev–Trinajstić information content (AvgIpc) is 2.78. The van der Waals surface area contributed by atoms with Crippen molar-refractivity contribution in [2.24, 2.45) is 5.73 Å². The lowest BCUT2D eigenvalue weighted by molar-refractivity contribution is 0.0141. The predicted molar refractivity (Wildman–Crippen MR) is 129 cm³/mol. The number of carbonyl (C=O) groups is 3. The van der Waals surface area contributed by atoms with Crippen molar-refractivity contribution < 1.29 is 23.9 Å². The zero-order valence-corrected chi connectivity index (χ0v) is 20.6. The second kappa shape index (κ2) is 10.3. The molecule has 1 heterocycles. The number of primary amides is 1. The van der Waals surface area contributed by atoms with Gasteiger partial charge in [-0.1, -0.05) is 23.7 Å². The summed E-state index contributed by atoms with van der Waals surface area (Å²) in [5.74, 6) is -0.444. The molecule has 3 amide bonds. The summed E-state index contributed by atoms with van der Waals surface area (Å²) in [5.41, 5.74) is 6.36. The van der Waals surface area contributed by atoms with Gasteiger partial charge in [0.25, 0.3) is 11.8 Å². The van der Waals surface area contributed by atoms with Gasteiger partial charge < -0.3 is 25.0 Å². The third kappa shape index (κ3) is 6.41. The fraction of sp³-hybridized carbons (Fsp3) is 0.400. The minimum absolute atomic E-state index is 0.123. The summed E-state index contributed by atoms with van der Waals surface area (Å²) >= 11 is 5.96. The highest BCUT2D eigenvalue weighted by molar-refractivity contribution is 6.31. The Morgan fingerprint density at radius 1 is 1.00 bits per heavy atom. The summed E-state index contributed by atoms with van der Waals surface area (Å²) in [7, 11) is 0. The third-order valence-electron chi connectivity index (χ3n) is 5.33. The molecule has 2 aromatic rings. The van der Waals surface area contributed by atoms with Crippen LogP contribution in [0.15, 0.2) is 42.5 Å². The van der Waals surface area contributed by atoms with Gasteiger partial charge in [-0.3, -0.25) is 9.59 Å². The van der Waals surface area contributed by atoms with Gasteiger partial charge in [-0.25, -0.2) is 4.79 Å². The Kier molecular flexibility index (Phi) is 7.71. The van der Waals surface area contributed by atoms with Gasteiger partial charge in [0, 0.05) is 36.8 Å². The van der Waals surface area contributed by atoms with E-state index in [1.165, 1.54) is 6.07 Å². The largest absolute Gasteiger partial charge is 0.485 e. The number of halogens is 1. The molecule has 0 aliphatic carbocycles. The van der Waals surface area contributed by atoms with E-state index in [9.17, 15) is 14.4 Å². The van der Waals surface area contributed by atoms with Crippen LogP contribution in [0.3, 0.4) is 0 Å². The lowest BCUT2D eigenvalue weighted by Gasteiger charge is -2.35. The summed E-state index contributed by atoms with van der Waals surface area (Å²) in [6.07, 6.45) is -0.818. The number of nitrogens with zero attached hydrogens (tertiary/aromatic N) is 2. The number of hydrogen-bond donors (Lipinski definition) is 1. The standard InChI is InChI=1S/C25H30ClN3O5/c1-16(33-21-9-8-19(26)15-20(21)22(27)30)17-6-5-7-18(14-17)23(31)28-10-12-29(13-11-28)24(32)34-25(2,3)4/h5-9,14-16H,10-13H2,1-4H3,(H2,27,30). The molecule has 9 heteroatoms. The van der Waals surface area contributed by atoms with Crippen molar-refractivity contribution >= 4 is 29.5 Å². The number of rotatable bonds is 5. The molecular weight excluding hydrogens is 458 g/mol. The van der Waals surface area contributed by atoms with Crippen LogP contribution in [-0.4, -0.2) is 59.5 Å². The maximum absolute atomic E-state index is 13.1. The minimum atomic E-state index is -0.640. The minimum Gasteiger partial charge on any atom is -0.485 e. The van der Waals surface area contributed by atoms with Crippen molar-refractivity contribution in [3.8, 4) is 5.75 Å². The van der Waals surface area contributed by atoms with E-state index in [-0.39, 0.29) is 17.6 Å². The van der Waals surface area contributed by atoms with E-state index in [1.54, 1.807) is 40.1 Å². The zero-order chi connectivity index (χ0) is 25.0. The van der Waals surface area contributed by atoms with Crippen LogP contribution in [0, 0.1) is 0 Å². The van der Waals surface area contributed by atoms with Crippen LogP contribution in [0.25, 0.3) is 0 Å². The number of carbonyl (C=O) groups excluding carboxylic acids is 3. The van der Waals surface area contributed by atoms with Gasteiger partial charge in [0.05, 0.1) is 5.56 Å². The molecule has 0 radical (unpaired) electrons. The van der Waals surface area contributed by atoms with E-state index in [1.807, 2.05) is 33.8 Å². The number of ether oxygens (including phenoxy) is 2. The second-order valence-corrected chi connectivity index (χ2v) is 9.59. The first-order valence-electron chi connectivity index (χ1n) is 11.1. The summed E-state index contributed by atoms with van der Waals surface area (Å²) in [6, 6.07) is 11.8. The molecule has 34 heavy (non-hydrogen) atoms.